The second-order valence-corrected chi connectivity index (χ2v) is 6.02. The van der Waals surface area contributed by atoms with Crippen molar-refractivity contribution in [3.05, 3.63) is 58.3 Å². The summed E-state index contributed by atoms with van der Waals surface area (Å²) in [5, 5.41) is 0. The van der Waals surface area contributed by atoms with Crippen LogP contribution >= 0.6 is 15.9 Å². The van der Waals surface area contributed by atoms with Crippen LogP contribution in [0.4, 0.5) is 0 Å². The van der Waals surface area contributed by atoms with Gasteiger partial charge in [0.15, 0.2) is 0 Å². The van der Waals surface area contributed by atoms with Crippen LogP contribution in [0.3, 0.4) is 0 Å². The van der Waals surface area contributed by atoms with Crippen molar-refractivity contribution in [1.29, 1.82) is 0 Å². The zero-order chi connectivity index (χ0) is 15.2. The number of aryl methyl sites for hydroxylation is 1. The van der Waals surface area contributed by atoms with E-state index in [0.29, 0.717) is 6.54 Å². The molecular weight excluding hydrogens is 328 g/mol. The Labute approximate surface area is 134 Å². The smallest absolute Gasteiger partial charge is 0.255 e. The Hall–Kier alpha value is -1.55. The molecule has 2 rings (SSSR count). The molecule has 0 spiro atoms. The van der Waals surface area contributed by atoms with E-state index in [1.54, 1.807) is 0 Å². The van der Waals surface area contributed by atoms with Gasteiger partial charge in [0.1, 0.15) is 0 Å². The number of amides is 1. The van der Waals surface area contributed by atoms with Gasteiger partial charge in [-0.25, -0.2) is 0 Å². The van der Waals surface area contributed by atoms with Gasteiger partial charge in [-0.2, -0.15) is 0 Å². The molecule has 0 N–H and O–H groups in total. The minimum atomic E-state index is 0.0807. The predicted molar refractivity (Wildman–Crippen MR) is 89.2 cm³/mol. The largest absolute Gasteiger partial charge is 0.353 e. The van der Waals surface area contributed by atoms with Gasteiger partial charge in [-0.05, 0) is 46.6 Å². The molecule has 21 heavy (non-hydrogen) atoms. The number of carbonyl (C=O) groups excluding carboxylic acids is 1. The molecule has 3 nitrogen and oxygen atoms in total. The van der Waals surface area contributed by atoms with Crippen molar-refractivity contribution in [2.75, 3.05) is 6.54 Å². The summed E-state index contributed by atoms with van der Waals surface area (Å²) < 4.78 is 2.91. The molecule has 1 heterocycles. The summed E-state index contributed by atoms with van der Waals surface area (Å²) in [6.07, 6.45) is 4.10. The molecule has 2 aromatic rings. The summed E-state index contributed by atoms with van der Waals surface area (Å²) in [6.45, 7) is 3.56. The first-order valence-corrected chi connectivity index (χ1v) is 8.06. The first kappa shape index (κ1) is 15.8. The van der Waals surface area contributed by atoms with Crippen LogP contribution in [-0.4, -0.2) is 21.9 Å². The van der Waals surface area contributed by atoms with Crippen LogP contribution in [0.25, 0.3) is 0 Å². The average Bonchev–Trinajstić information content (AvgIpc) is 2.88. The van der Waals surface area contributed by atoms with Crippen molar-refractivity contribution in [1.82, 2.24) is 9.47 Å². The fraction of sp³-hybridized carbons (Fsp3) is 0.353. The van der Waals surface area contributed by atoms with Gasteiger partial charge in [0.25, 0.3) is 5.91 Å². The van der Waals surface area contributed by atoms with E-state index in [1.165, 1.54) is 0 Å². The van der Waals surface area contributed by atoms with Crippen molar-refractivity contribution in [2.45, 2.75) is 26.3 Å². The predicted octanol–water partition coefficient (Wildman–Crippen LogP) is 4.23. The van der Waals surface area contributed by atoms with E-state index in [4.69, 9.17) is 0 Å². The fourth-order valence-electron chi connectivity index (χ4n) is 2.26. The summed E-state index contributed by atoms with van der Waals surface area (Å²) in [6, 6.07) is 11.7. The molecule has 0 aliphatic heterocycles. The van der Waals surface area contributed by atoms with E-state index in [9.17, 15) is 4.79 Å². The van der Waals surface area contributed by atoms with Crippen LogP contribution in [0.5, 0.6) is 0 Å². The molecule has 0 atom stereocenters. The molecule has 0 bridgehead atoms. The summed E-state index contributed by atoms with van der Waals surface area (Å²) in [7, 11) is 2.01. The molecule has 0 aliphatic rings. The minimum absolute atomic E-state index is 0.0807. The van der Waals surface area contributed by atoms with Gasteiger partial charge < -0.3 is 9.47 Å². The van der Waals surface area contributed by atoms with E-state index in [0.717, 1.165) is 35.1 Å². The Kier molecular flexibility index (Phi) is 5.62. The van der Waals surface area contributed by atoms with Crippen LogP contribution in [0.2, 0.25) is 0 Å². The molecule has 1 aromatic carbocycles. The minimum Gasteiger partial charge on any atom is -0.353 e. The topological polar surface area (TPSA) is 25.2 Å². The number of benzene rings is 1. The van der Waals surface area contributed by atoms with Crippen LogP contribution < -0.4 is 0 Å². The van der Waals surface area contributed by atoms with Crippen LogP contribution in [-0.2, 0) is 13.6 Å². The molecule has 0 aliphatic carbocycles. The summed E-state index contributed by atoms with van der Waals surface area (Å²) >= 11 is 3.47. The van der Waals surface area contributed by atoms with E-state index in [2.05, 4.69) is 33.5 Å². The lowest BCUT2D eigenvalue weighted by atomic mass is 10.2. The molecule has 1 amide bonds. The Bertz CT molecular complexity index is 606. The standard InChI is InChI=1S/C17H21BrN2O/c1-3-4-12-20(13-14-8-7-11-19(14)2)17(21)15-9-5-6-10-16(15)18/h5-11H,3-4,12-13H2,1-2H3. The first-order chi connectivity index (χ1) is 10.1. The van der Waals surface area contributed by atoms with Gasteiger partial charge >= 0.3 is 0 Å². The van der Waals surface area contributed by atoms with Crippen LogP contribution in [0.1, 0.15) is 35.8 Å². The second-order valence-electron chi connectivity index (χ2n) is 5.17. The van der Waals surface area contributed by atoms with Gasteiger partial charge in [0.05, 0.1) is 12.1 Å². The Balaban J connectivity index is 2.21. The quantitative estimate of drug-likeness (QED) is 0.766. The third-order valence-electron chi connectivity index (χ3n) is 3.58. The van der Waals surface area contributed by atoms with Crippen molar-refractivity contribution in [3.63, 3.8) is 0 Å². The van der Waals surface area contributed by atoms with Crippen LogP contribution in [0.15, 0.2) is 47.1 Å². The Morgan fingerprint density at radius 2 is 2.00 bits per heavy atom. The van der Waals surface area contributed by atoms with Gasteiger partial charge in [-0.3, -0.25) is 4.79 Å². The molecule has 112 valence electrons. The molecule has 0 unspecified atom stereocenters. The van der Waals surface area contributed by atoms with E-state index in [1.807, 2.05) is 48.5 Å². The highest BCUT2D eigenvalue weighted by Crippen LogP contribution is 2.19. The molecule has 1 aromatic heterocycles. The van der Waals surface area contributed by atoms with Crippen molar-refractivity contribution in [2.24, 2.45) is 7.05 Å². The lowest BCUT2D eigenvalue weighted by Gasteiger charge is -2.23. The lowest BCUT2D eigenvalue weighted by molar-refractivity contribution is 0.0736. The van der Waals surface area contributed by atoms with Crippen molar-refractivity contribution in [3.8, 4) is 0 Å². The number of halogens is 1. The number of nitrogens with zero attached hydrogens (tertiary/aromatic N) is 2. The van der Waals surface area contributed by atoms with E-state index >= 15 is 0 Å². The second kappa shape index (κ2) is 7.46. The van der Waals surface area contributed by atoms with Crippen molar-refractivity contribution < 1.29 is 4.79 Å². The van der Waals surface area contributed by atoms with Crippen LogP contribution in [0, 0.1) is 0 Å². The summed E-state index contributed by atoms with van der Waals surface area (Å²) in [5.41, 5.74) is 1.87. The number of unbranched alkanes of at least 4 members (excludes halogenated alkanes) is 1. The maximum Gasteiger partial charge on any atom is 0.255 e. The number of rotatable bonds is 6. The zero-order valence-corrected chi connectivity index (χ0v) is 14.1. The Morgan fingerprint density at radius 3 is 2.62 bits per heavy atom. The normalized spacial score (nSPS) is 10.6. The maximum absolute atomic E-state index is 12.8. The fourth-order valence-corrected chi connectivity index (χ4v) is 2.72. The highest BCUT2D eigenvalue weighted by atomic mass is 79.9. The molecular formula is C17H21BrN2O. The zero-order valence-electron chi connectivity index (χ0n) is 12.6. The lowest BCUT2D eigenvalue weighted by Crippen LogP contribution is -2.32. The summed E-state index contributed by atoms with van der Waals surface area (Å²) in [4.78, 5) is 14.7. The highest BCUT2D eigenvalue weighted by Gasteiger charge is 2.18. The van der Waals surface area contributed by atoms with Gasteiger partial charge in [0, 0.05) is 30.0 Å². The average molecular weight is 349 g/mol. The molecule has 0 saturated carbocycles. The SMILES string of the molecule is CCCCN(Cc1cccn1C)C(=O)c1ccccc1Br. The highest BCUT2D eigenvalue weighted by molar-refractivity contribution is 9.10. The molecule has 0 saturated heterocycles. The molecule has 4 heteroatoms. The van der Waals surface area contributed by atoms with Gasteiger partial charge in [-0.1, -0.05) is 25.5 Å². The third-order valence-corrected chi connectivity index (χ3v) is 4.27. The number of hydrogen-bond acceptors (Lipinski definition) is 1. The first-order valence-electron chi connectivity index (χ1n) is 7.27. The third kappa shape index (κ3) is 3.97. The molecule has 0 radical (unpaired) electrons. The maximum atomic E-state index is 12.8. The van der Waals surface area contributed by atoms with Gasteiger partial charge in [0.2, 0.25) is 0 Å². The Morgan fingerprint density at radius 1 is 1.24 bits per heavy atom. The van der Waals surface area contributed by atoms with Gasteiger partial charge in [-0.15, -0.1) is 0 Å². The van der Waals surface area contributed by atoms with E-state index < -0.39 is 0 Å². The number of carbonyl (C=O) groups is 1. The molecule has 0 fully saturated rings. The van der Waals surface area contributed by atoms with Crippen molar-refractivity contribution >= 4 is 21.8 Å². The number of aromatic nitrogens is 1. The summed E-state index contributed by atoms with van der Waals surface area (Å²) in [5.74, 6) is 0.0807. The number of hydrogen-bond donors (Lipinski definition) is 0. The monoisotopic (exact) mass is 348 g/mol. The van der Waals surface area contributed by atoms with E-state index in [-0.39, 0.29) is 5.91 Å².